The highest BCUT2D eigenvalue weighted by Crippen LogP contribution is 2.31. The first-order valence-corrected chi connectivity index (χ1v) is 7.60. The van der Waals surface area contributed by atoms with Crippen LogP contribution in [0.1, 0.15) is 39.4 Å². The molecule has 0 aromatic carbocycles. The number of thiophene rings is 1. The van der Waals surface area contributed by atoms with E-state index in [4.69, 9.17) is 5.11 Å². The summed E-state index contributed by atoms with van der Waals surface area (Å²) in [4.78, 5) is 27.1. The van der Waals surface area contributed by atoms with Gasteiger partial charge >= 0.3 is 5.97 Å². The molecule has 0 radical (unpaired) electrons. The highest BCUT2D eigenvalue weighted by Gasteiger charge is 2.32. The van der Waals surface area contributed by atoms with Crippen molar-refractivity contribution in [1.82, 2.24) is 4.90 Å². The normalized spacial score (nSPS) is 22.3. The van der Waals surface area contributed by atoms with Crippen molar-refractivity contribution in [2.24, 2.45) is 5.92 Å². The van der Waals surface area contributed by atoms with E-state index in [-0.39, 0.29) is 5.91 Å². The minimum atomic E-state index is -0.791. The van der Waals surface area contributed by atoms with Gasteiger partial charge in [0, 0.05) is 18.0 Å². The fourth-order valence-corrected chi connectivity index (χ4v) is 4.12. The molecule has 0 spiro atoms. The monoisotopic (exact) mass is 279 g/mol. The van der Waals surface area contributed by atoms with Gasteiger partial charge in [-0.05, 0) is 43.7 Å². The third-order valence-corrected chi connectivity index (χ3v) is 5.26. The molecule has 1 atom stereocenters. The number of carbonyl (C=O) groups is 2. The molecule has 5 heteroatoms. The summed E-state index contributed by atoms with van der Waals surface area (Å²) < 4.78 is 0. The number of carboxylic acid groups (broad SMARTS) is 1. The Morgan fingerprint density at radius 3 is 2.79 bits per heavy atom. The summed E-state index contributed by atoms with van der Waals surface area (Å²) in [7, 11) is 0. The molecule has 3 rings (SSSR count). The van der Waals surface area contributed by atoms with Crippen molar-refractivity contribution in [3.8, 4) is 0 Å². The van der Waals surface area contributed by atoms with Crippen molar-refractivity contribution in [1.29, 1.82) is 0 Å². The molecule has 2 heterocycles. The van der Waals surface area contributed by atoms with Gasteiger partial charge in [0.15, 0.2) is 0 Å². The predicted octanol–water partition coefficient (Wildman–Crippen LogP) is 2.17. The minimum absolute atomic E-state index is 0.0168. The average Bonchev–Trinajstić information content (AvgIpc) is 3.04. The van der Waals surface area contributed by atoms with E-state index < -0.39 is 11.9 Å². The van der Waals surface area contributed by atoms with E-state index in [2.05, 4.69) is 0 Å². The van der Waals surface area contributed by atoms with E-state index in [1.54, 1.807) is 16.2 Å². The van der Waals surface area contributed by atoms with Crippen molar-refractivity contribution in [3.63, 3.8) is 0 Å². The Balaban J connectivity index is 1.74. The highest BCUT2D eigenvalue weighted by atomic mass is 32.1. The Kier molecular flexibility index (Phi) is 3.31. The molecule has 19 heavy (non-hydrogen) atoms. The minimum Gasteiger partial charge on any atom is -0.481 e. The van der Waals surface area contributed by atoms with Gasteiger partial charge in [0.05, 0.1) is 10.8 Å². The molecule has 0 saturated carbocycles. The van der Waals surface area contributed by atoms with Crippen LogP contribution in [0.3, 0.4) is 0 Å². The molecule has 1 aromatic rings. The molecule has 4 nitrogen and oxygen atoms in total. The molecule has 0 bridgehead atoms. The van der Waals surface area contributed by atoms with Gasteiger partial charge in [0.25, 0.3) is 5.91 Å². The molecule has 1 aliphatic heterocycles. The molecule has 102 valence electrons. The first-order chi connectivity index (χ1) is 9.15. The van der Waals surface area contributed by atoms with Crippen LogP contribution in [0.5, 0.6) is 0 Å². The predicted molar refractivity (Wildman–Crippen MR) is 72.6 cm³/mol. The quantitative estimate of drug-likeness (QED) is 0.902. The van der Waals surface area contributed by atoms with Gasteiger partial charge in [0.1, 0.15) is 0 Å². The summed E-state index contributed by atoms with van der Waals surface area (Å²) in [6, 6.07) is 2.02. The van der Waals surface area contributed by atoms with Crippen LogP contribution in [-0.4, -0.2) is 35.0 Å². The van der Waals surface area contributed by atoms with E-state index in [0.29, 0.717) is 19.5 Å². The summed E-state index contributed by atoms with van der Waals surface area (Å²) in [5.74, 6) is -1.16. The fourth-order valence-electron chi connectivity index (χ4n) is 2.90. The van der Waals surface area contributed by atoms with Gasteiger partial charge in [-0.3, -0.25) is 9.59 Å². The molecule has 1 aromatic heterocycles. The van der Waals surface area contributed by atoms with Crippen molar-refractivity contribution in [2.45, 2.75) is 32.1 Å². The van der Waals surface area contributed by atoms with Crippen LogP contribution in [-0.2, 0) is 17.6 Å². The molecular weight excluding hydrogens is 262 g/mol. The lowest BCUT2D eigenvalue weighted by Gasteiger charge is -2.14. The van der Waals surface area contributed by atoms with Gasteiger partial charge in [-0.1, -0.05) is 0 Å². The zero-order valence-electron chi connectivity index (χ0n) is 10.7. The zero-order chi connectivity index (χ0) is 13.4. The molecule has 0 unspecified atom stereocenters. The molecule has 1 N–H and O–H groups in total. The van der Waals surface area contributed by atoms with E-state index in [9.17, 15) is 9.59 Å². The maximum absolute atomic E-state index is 12.4. The standard InChI is InChI=1S/C14H17NO3S/c16-13(15-6-5-10(8-15)14(17)18)12-7-9-3-1-2-4-11(9)19-12/h7,10H,1-6,8H2,(H,17,18)/t10-/m1/s1. The van der Waals surface area contributed by atoms with Crippen molar-refractivity contribution in [3.05, 3.63) is 21.4 Å². The number of nitrogens with zero attached hydrogens (tertiary/aromatic N) is 1. The number of rotatable bonds is 2. The number of fused-ring (bicyclic) bond motifs is 1. The van der Waals surface area contributed by atoms with Crippen LogP contribution in [0, 0.1) is 5.92 Å². The largest absolute Gasteiger partial charge is 0.481 e. The van der Waals surface area contributed by atoms with Gasteiger partial charge in [-0.2, -0.15) is 0 Å². The van der Waals surface area contributed by atoms with Crippen molar-refractivity contribution in [2.75, 3.05) is 13.1 Å². The second kappa shape index (κ2) is 4.96. The second-order valence-electron chi connectivity index (χ2n) is 5.34. The van der Waals surface area contributed by atoms with Crippen LogP contribution in [0.25, 0.3) is 0 Å². The number of amides is 1. The topological polar surface area (TPSA) is 57.6 Å². The Bertz CT molecular complexity index is 499. The number of carboxylic acids is 1. The number of aliphatic carboxylic acids is 1. The van der Waals surface area contributed by atoms with E-state index in [1.165, 1.54) is 23.3 Å². The Labute approximate surface area is 116 Å². The molecule has 2 aliphatic rings. The number of aryl methyl sites for hydroxylation is 2. The van der Waals surface area contributed by atoms with Gasteiger partial charge in [-0.25, -0.2) is 0 Å². The molecule has 1 amide bonds. The van der Waals surface area contributed by atoms with Crippen molar-refractivity contribution < 1.29 is 14.7 Å². The fraction of sp³-hybridized carbons (Fsp3) is 0.571. The smallest absolute Gasteiger partial charge is 0.308 e. The third-order valence-electron chi connectivity index (χ3n) is 4.03. The maximum atomic E-state index is 12.4. The first-order valence-electron chi connectivity index (χ1n) is 6.79. The van der Waals surface area contributed by atoms with E-state index >= 15 is 0 Å². The first kappa shape index (κ1) is 12.7. The molecule has 1 aliphatic carbocycles. The number of likely N-dealkylation sites (tertiary alicyclic amines) is 1. The highest BCUT2D eigenvalue weighted by molar-refractivity contribution is 7.14. The van der Waals surface area contributed by atoms with Crippen molar-refractivity contribution >= 4 is 23.2 Å². The van der Waals surface area contributed by atoms with Crippen LogP contribution < -0.4 is 0 Å². The lowest BCUT2D eigenvalue weighted by atomic mass is 9.99. The van der Waals surface area contributed by atoms with Gasteiger partial charge in [0.2, 0.25) is 0 Å². The van der Waals surface area contributed by atoms with Gasteiger partial charge < -0.3 is 10.0 Å². The van der Waals surface area contributed by atoms with Crippen LogP contribution in [0.15, 0.2) is 6.07 Å². The summed E-state index contributed by atoms with van der Waals surface area (Å²) in [6.45, 7) is 0.926. The van der Waals surface area contributed by atoms with E-state index in [0.717, 1.165) is 17.7 Å². The van der Waals surface area contributed by atoms with Crippen LogP contribution in [0.4, 0.5) is 0 Å². The Morgan fingerprint density at radius 2 is 2.11 bits per heavy atom. The number of hydrogen-bond donors (Lipinski definition) is 1. The molecule has 1 fully saturated rings. The second-order valence-corrected chi connectivity index (χ2v) is 6.48. The number of carbonyl (C=O) groups excluding carboxylic acids is 1. The zero-order valence-corrected chi connectivity index (χ0v) is 11.5. The van der Waals surface area contributed by atoms with Gasteiger partial charge in [-0.15, -0.1) is 11.3 Å². The lowest BCUT2D eigenvalue weighted by molar-refractivity contribution is -0.141. The summed E-state index contributed by atoms with van der Waals surface area (Å²) >= 11 is 1.60. The lowest BCUT2D eigenvalue weighted by Crippen LogP contribution is -2.29. The average molecular weight is 279 g/mol. The summed E-state index contributed by atoms with van der Waals surface area (Å²) in [5.41, 5.74) is 1.33. The molecule has 1 saturated heterocycles. The summed E-state index contributed by atoms with van der Waals surface area (Å²) in [5, 5.41) is 8.98. The van der Waals surface area contributed by atoms with Crippen LogP contribution in [0.2, 0.25) is 0 Å². The molecular formula is C14H17NO3S. The SMILES string of the molecule is O=C(O)[C@@H]1CCN(C(=O)c2cc3c(s2)CCCC3)C1. The summed E-state index contributed by atoms with van der Waals surface area (Å²) in [6.07, 6.45) is 5.17. The Hall–Kier alpha value is -1.36. The maximum Gasteiger partial charge on any atom is 0.308 e. The Morgan fingerprint density at radius 1 is 1.32 bits per heavy atom. The van der Waals surface area contributed by atoms with E-state index in [1.807, 2.05) is 6.07 Å². The van der Waals surface area contributed by atoms with Crippen LogP contribution >= 0.6 is 11.3 Å². The third kappa shape index (κ3) is 2.39. The number of hydrogen-bond acceptors (Lipinski definition) is 3.